The molecule has 2 atom stereocenters. The highest BCUT2D eigenvalue weighted by Crippen LogP contribution is 2.34. The van der Waals surface area contributed by atoms with Crippen molar-refractivity contribution in [1.82, 2.24) is 9.55 Å². The third kappa shape index (κ3) is 2.12. The molecule has 1 aromatic heterocycles. The number of fused-ring (bicyclic) bond motifs is 1. The summed E-state index contributed by atoms with van der Waals surface area (Å²) < 4.78 is 13.2. The Morgan fingerprint density at radius 1 is 1.55 bits per heavy atom. The molecule has 1 aliphatic heterocycles. The largest absolute Gasteiger partial charge is 0.492 e. The number of hydrogen-bond acceptors (Lipinski definition) is 4. The van der Waals surface area contributed by atoms with Gasteiger partial charge in [0.15, 0.2) is 0 Å². The molecular formula is C15H21N3O2. The lowest BCUT2D eigenvalue weighted by atomic mass is 10.0. The molecule has 0 aliphatic carbocycles. The van der Waals surface area contributed by atoms with Crippen LogP contribution in [0, 0.1) is 5.92 Å². The molecule has 0 saturated carbocycles. The molecular weight excluding hydrogens is 254 g/mol. The highest BCUT2D eigenvalue weighted by molar-refractivity contribution is 5.84. The van der Waals surface area contributed by atoms with Crippen LogP contribution in [0.1, 0.15) is 26.3 Å². The van der Waals surface area contributed by atoms with E-state index in [4.69, 9.17) is 15.2 Å². The van der Waals surface area contributed by atoms with E-state index in [0.717, 1.165) is 36.4 Å². The van der Waals surface area contributed by atoms with Gasteiger partial charge in [-0.25, -0.2) is 4.98 Å². The van der Waals surface area contributed by atoms with Gasteiger partial charge in [-0.3, -0.25) is 0 Å². The SMILES string of the molecule is CCOc1cccc2c1nc(N)n2C(C)C1CCOC1. The number of ether oxygens (including phenoxy) is 2. The van der Waals surface area contributed by atoms with Crippen molar-refractivity contribution in [2.45, 2.75) is 26.3 Å². The number of imidazole rings is 1. The lowest BCUT2D eigenvalue weighted by Gasteiger charge is -2.21. The molecule has 2 unspecified atom stereocenters. The summed E-state index contributed by atoms with van der Waals surface area (Å²) >= 11 is 0. The van der Waals surface area contributed by atoms with E-state index in [2.05, 4.69) is 16.5 Å². The molecule has 1 aliphatic rings. The Balaban J connectivity index is 2.06. The topological polar surface area (TPSA) is 62.3 Å². The van der Waals surface area contributed by atoms with Crippen molar-refractivity contribution in [2.24, 2.45) is 5.92 Å². The van der Waals surface area contributed by atoms with Gasteiger partial charge in [-0.1, -0.05) is 6.07 Å². The Hall–Kier alpha value is -1.75. The number of benzene rings is 1. The van der Waals surface area contributed by atoms with E-state index in [0.29, 0.717) is 18.5 Å². The minimum atomic E-state index is 0.277. The lowest BCUT2D eigenvalue weighted by molar-refractivity contribution is 0.176. The number of nitrogens with two attached hydrogens (primary N) is 1. The van der Waals surface area contributed by atoms with E-state index >= 15 is 0 Å². The Bertz CT molecular complexity index is 602. The van der Waals surface area contributed by atoms with Crippen molar-refractivity contribution in [3.05, 3.63) is 18.2 Å². The van der Waals surface area contributed by atoms with E-state index in [9.17, 15) is 0 Å². The molecule has 2 aromatic rings. The van der Waals surface area contributed by atoms with Gasteiger partial charge in [0.05, 0.1) is 18.7 Å². The third-order valence-corrected chi connectivity index (χ3v) is 4.06. The minimum Gasteiger partial charge on any atom is -0.492 e. The van der Waals surface area contributed by atoms with Gasteiger partial charge in [0, 0.05) is 18.6 Å². The van der Waals surface area contributed by atoms with Gasteiger partial charge >= 0.3 is 0 Å². The maximum absolute atomic E-state index is 6.14. The summed E-state index contributed by atoms with van der Waals surface area (Å²) in [6, 6.07) is 6.25. The fourth-order valence-electron chi connectivity index (χ4n) is 2.95. The molecule has 0 bridgehead atoms. The minimum absolute atomic E-state index is 0.277. The van der Waals surface area contributed by atoms with Gasteiger partial charge in [0.2, 0.25) is 5.95 Å². The number of aromatic nitrogens is 2. The number of hydrogen-bond donors (Lipinski definition) is 1. The summed E-state index contributed by atoms with van der Waals surface area (Å²) in [5.41, 5.74) is 8.02. The van der Waals surface area contributed by atoms with Crippen molar-refractivity contribution < 1.29 is 9.47 Å². The predicted molar refractivity (Wildman–Crippen MR) is 79.0 cm³/mol. The van der Waals surface area contributed by atoms with Crippen LogP contribution < -0.4 is 10.5 Å². The molecule has 2 heterocycles. The molecule has 1 fully saturated rings. The summed E-state index contributed by atoms with van der Waals surface area (Å²) in [6.07, 6.45) is 1.07. The average molecular weight is 275 g/mol. The average Bonchev–Trinajstić information content (AvgIpc) is 3.06. The second-order valence-electron chi connectivity index (χ2n) is 5.26. The quantitative estimate of drug-likeness (QED) is 0.931. The van der Waals surface area contributed by atoms with Crippen molar-refractivity contribution in [2.75, 3.05) is 25.6 Å². The molecule has 1 saturated heterocycles. The molecule has 0 spiro atoms. The van der Waals surface area contributed by atoms with E-state index < -0.39 is 0 Å². The summed E-state index contributed by atoms with van der Waals surface area (Å²) in [6.45, 7) is 6.41. The normalized spacial score (nSPS) is 20.4. The van der Waals surface area contributed by atoms with Gasteiger partial charge in [-0.15, -0.1) is 0 Å². The molecule has 3 rings (SSSR count). The maximum atomic E-state index is 6.14. The summed E-state index contributed by atoms with van der Waals surface area (Å²) in [4.78, 5) is 4.50. The van der Waals surface area contributed by atoms with E-state index in [1.165, 1.54) is 0 Å². The maximum Gasteiger partial charge on any atom is 0.201 e. The highest BCUT2D eigenvalue weighted by atomic mass is 16.5. The first kappa shape index (κ1) is 13.2. The molecule has 5 heteroatoms. The lowest BCUT2D eigenvalue weighted by Crippen LogP contribution is -2.18. The van der Waals surface area contributed by atoms with Gasteiger partial charge in [0.1, 0.15) is 11.3 Å². The first-order chi connectivity index (χ1) is 9.72. The van der Waals surface area contributed by atoms with Crippen LogP contribution in [0.15, 0.2) is 18.2 Å². The van der Waals surface area contributed by atoms with Crippen LogP contribution in [0.3, 0.4) is 0 Å². The molecule has 108 valence electrons. The van der Waals surface area contributed by atoms with Crippen LogP contribution in [-0.4, -0.2) is 29.4 Å². The van der Waals surface area contributed by atoms with Crippen molar-refractivity contribution in [3.8, 4) is 5.75 Å². The highest BCUT2D eigenvalue weighted by Gasteiger charge is 2.26. The van der Waals surface area contributed by atoms with Gasteiger partial charge < -0.3 is 19.8 Å². The Kier molecular flexibility index (Phi) is 3.53. The zero-order chi connectivity index (χ0) is 14.1. The molecule has 0 amide bonds. The smallest absolute Gasteiger partial charge is 0.201 e. The second kappa shape index (κ2) is 5.32. The number of anilines is 1. The van der Waals surface area contributed by atoms with Crippen LogP contribution in [0.5, 0.6) is 5.75 Å². The van der Waals surface area contributed by atoms with Crippen molar-refractivity contribution >= 4 is 17.0 Å². The van der Waals surface area contributed by atoms with Crippen molar-refractivity contribution in [3.63, 3.8) is 0 Å². The fourth-order valence-corrected chi connectivity index (χ4v) is 2.95. The second-order valence-corrected chi connectivity index (χ2v) is 5.26. The zero-order valence-corrected chi connectivity index (χ0v) is 12.0. The Morgan fingerprint density at radius 3 is 3.10 bits per heavy atom. The summed E-state index contributed by atoms with van der Waals surface area (Å²) in [7, 11) is 0. The van der Waals surface area contributed by atoms with Crippen LogP contribution in [-0.2, 0) is 4.74 Å². The van der Waals surface area contributed by atoms with E-state index in [-0.39, 0.29) is 6.04 Å². The molecule has 0 radical (unpaired) electrons. The standard InChI is InChI=1S/C15H21N3O2/c1-3-20-13-6-4-5-12-14(13)17-15(16)18(12)10(2)11-7-8-19-9-11/h4-6,10-11H,3,7-9H2,1-2H3,(H2,16,17). The van der Waals surface area contributed by atoms with Crippen LogP contribution in [0.2, 0.25) is 0 Å². The number of nitrogen functional groups attached to an aromatic ring is 1. The van der Waals surface area contributed by atoms with Gasteiger partial charge in [0.25, 0.3) is 0 Å². The van der Waals surface area contributed by atoms with Crippen LogP contribution >= 0.6 is 0 Å². The number of rotatable bonds is 4. The van der Waals surface area contributed by atoms with Gasteiger partial charge in [-0.05, 0) is 32.4 Å². The van der Waals surface area contributed by atoms with Crippen LogP contribution in [0.4, 0.5) is 5.95 Å². The van der Waals surface area contributed by atoms with E-state index in [1.807, 2.05) is 25.1 Å². The number of nitrogens with zero attached hydrogens (tertiary/aromatic N) is 2. The van der Waals surface area contributed by atoms with Crippen molar-refractivity contribution in [1.29, 1.82) is 0 Å². The predicted octanol–water partition coefficient (Wildman–Crippen LogP) is 2.61. The van der Waals surface area contributed by atoms with E-state index in [1.54, 1.807) is 0 Å². The first-order valence-corrected chi connectivity index (χ1v) is 7.19. The Morgan fingerprint density at radius 2 is 2.40 bits per heavy atom. The summed E-state index contributed by atoms with van der Waals surface area (Å²) in [5.74, 6) is 1.84. The molecule has 20 heavy (non-hydrogen) atoms. The molecule has 2 N–H and O–H groups in total. The third-order valence-electron chi connectivity index (χ3n) is 4.06. The van der Waals surface area contributed by atoms with Gasteiger partial charge in [-0.2, -0.15) is 0 Å². The van der Waals surface area contributed by atoms with Crippen LogP contribution in [0.25, 0.3) is 11.0 Å². The fraction of sp³-hybridized carbons (Fsp3) is 0.533. The first-order valence-electron chi connectivity index (χ1n) is 7.19. The summed E-state index contributed by atoms with van der Waals surface area (Å²) in [5, 5.41) is 0. The zero-order valence-electron chi connectivity index (χ0n) is 12.0. The monoisotopic (exact) mass is 275 g/mol. The molecule has 5 nitrogen and oxygen atoms in total. The molecule has 1 aromatic carbocycles. The Labute approximate surface area is 118 Å². The number of para-hydroxylation sites is 1.